The summed E-state index contributed by atoms with van der Waals surface area (Å²) in [4.78, 5) is 11.9. The van der Waals surface area contributed by atoms with Crippen molar-refractivity contribution in [2.75, 3.05) is 32.0 Å². The molecular weight excluding hydrogens is 290 g/mol. The van der Waals surface area contributed by atoms with Crippen LogP contribution in [0.2, 0.25) is 0 Å². The van der Waals surface area contributed by atoms with Gasteiger partial charge in [-0.2, -0.15) is 17.0 Å². The van der Waals surface area contributed by atoms with Gasteiger partial charge in [-0.1, -0.05) is 17.7 Å². The lowest BCUT2D eigenvalue weighted by atomic mass is 10.2. The molecule has 0 aliphatic carbocycles. The van der Waals surface area contributed by atoms with Crippen molar-refractivity contribution >= 4 is 21.8 Å². The first-order chi connectivity index (χ1) is 9.89. The number of hydrogen-bond acceptors (Lipinski definition) is 3. The van der Waals surface area contributed by atoms with Crippen molar-refractivity contribution in [3.8, 4) is 0 Å². The molecule has 1 heterocycles. The van der Waals surface area contributed by atoms with E-state index < -0.39 is 10.2 Å². The van der Waals surface area contributed by atoms with Crippen molar-refractivity contribution < 1.29 is 13.2 Å². The summed E-state index contributed by atoms with van der Waals surface area (Å²) in [5, 5.41) is 2.70. The average Bonchev–Trinajstić information content (AvgIpc) is 2.96. The Morgan fingerprint density at radius 3 is 2.38 bits per heavy atom. The molecule has 1 fully saturated rings. The summed E-state index contributed by atoms with van der Waals surface area (Å²) in [7, 11) is -2.09. The highest BCUT2D eigenvalue weighted by molar-refractivity contribution is 7.86. The summed E-state index contributed by atoms with van der Waals surface area (Å²) in [6, 6.07) is 7.37. The Hall–Kier alpha value is -1.44. The molecule has 1 saturated heterocycles. The van der Waals surface area contributed by atoms with E-state index in [4.69, 9.17) is 0 Å². The van der Waals surface area contributed by atoms with Crippen molar-refractivity contribution in [1.29, 1.82) is 0 Å². The molecule has 6 nitrogen and oxygen atoms in total. The van der Waals surface area contributed by atoms with E-state index in [1.165, 1.54) is 11.4 Å². The van der Waals surface area contributed by atoms with Crippen LogP contribution >= 0.6 is 0 Å². The van der Waals surface area contributed by atoms with Gasteiger partial charge in [0.1, 0.15) is 0 Å². The van der Waals surface area contributed by atoms with Gasteiger partial charge in [-0.15, -0.1) is 0 Å². The first kappa shape index (κ1) is 15.9. The lowest BCUT2D eigenvalue weighted by molar-refractivity contribution is -0.116. The van der Waals surface area contributed by atoms with Gasteiger partial charge in [0.25, 0.3) is 10.2 Å². The number of aryl methyl sites for hydroxylation is 1. The highest BCUT2D eigenvalue weighted by Gasteiger charge is 2.30. The van der Waals surface area contributed by atoms with Gasteiger partial charge in [0.15, 0.2) is 0 Å². The number of nitrogens with zero attached hydrogens (tertiary/aromatic N) is 2. The minimum Gasteiger partial charge on any atom is -0.325 e. The minimum absolute atomic E-state index is 0.188. The van der Waals surface area contributed by atoms with Crippen LogP contribution in [0, 0.1) is 6.92 Å². The number of carbonyl (C=O) groups is 1. The summed E-state index contributed by atoms with van der Waals surface area (Å²) in [5.74, 6) is -0.343. The number of benzene rings is 1. The number of rotatable bonds is 5. The number of hydrogen-bond donors (Lipinski definition) is 1. The Morgan fingerprint density at radius 1 is 1.24 bits per heavy atom. The van der Waals surface area contributed by atoms with Crippen LogP contribution in [0.1, 0.15) is 18.4 Å². The first-order valence-corrected chi connectivity index (χ1v) is 8.37. The fraction of sp³-hybridized carbons (Fsp3) is 0.500. The summed E-state index contributed by atoms with van der Waals surface area (Å²) >= 11 is 0. The molecule has 0 radical (unpaired) electrons. The second kappa shape index (κ2) is 6.55. The number of anilines is 1. The Balaban J connectivity index is 1.94. The summed E-state index contributed by atoms with van der Waals surface area (Å²) in [6.07, 6.45) is 1.76. The number of nitrogens with one attached hydrogen (secondary N) is 1. The summed E-state index contributed by atoms with van der Waals surface area (Å²) < 4.78 is 27.0. The first-order valence-electron chi connectivity index (χ1n) is 6.97. The second-order valence-corrected chi connectivity index (χ2v) is 7.32. The van der Waals surface area contributed by atoms with Gasteiger partial charge in [-0.3, -0.25) is 4.79 Å². The second-order valence-electron chi connectivity index (χ2n) is 5.28. The molecular formula is C14H21N3O3S. The highest BCUT2D eigenvalue weighted by atomic mass is 32.2. The maximum absolute atomic E-state index is 12.2. The molecule has 0 saturated carbocycles. The van der Waals surface area contributed by atoms with Crippen LogP contribution in [0.25, 0.3) is 0 Å². The fourth-order valence-electron chi connectivity index (χ4n) is 2.24. The zero-order chi connectivity index (χ0) is 15.5. The van der Waals surface area contributed by atoms with Gasteiger partial charge in [-0.25, -0.2) is 0 Å². The van der Waals surface area contributed by atoms with Crippen LogP contribution in [0.3, 0.4) is 0 Å². The predicted molar refractivity (Wildman–Crippen MR) is 82.2 cm³/mol. The monoisotopic (exact) mass is 311 g/mol. The Labute approximate surface area is 125 Å². The number of carbonyl (C=O) groups excluding carboxylic acids is 1. The van der Waals surface area contributed by atoms with E-state index in [-0.39, 0.29) is 12.5 Å². The summed E-state index contributed by atoms with van der Waals surface area (Å²) in [5.41, 5.74) is 1.76. The molecule has 1 aromatic rings. The number of likely N-dealkylation sites (N-methyl/N-ethyl adjacent to an activating group) is 1. The van der Waals surface area contributed by atoms with Gasteiger partial charge in [-0.05, 0) is 31.9 Å². The van der Waals surface area contributed by atoms with Crippen LogP contribution in [0.4, 0.5) is 5.69 Å². The van der Waals surface area contributed by atoms with Gasteiger partial charge < -0.3 is 5.32 Å². The fourth-order valence-corrected chi connectivity index (χ4v) is 3.63. The molecule has 0 aromatic heterocycles. The molecule has 1 aromatic carbocycles. The van der Waals surface area contributed by atoms with Crippen molar-refractivity contribution in [3.05, 3.63) is 29.8 Å². The van der Waals surface area contributed by atoms with E-state index in [0.717, 1.165) is 22.7 Å². The Morgan fingerprint density at radius 2 is 1.81 bits per heavy atom. The Bertz CT molecular complexity index is 592. The van der Waals surface area contributed by atoms with Crippen molar-refractivity contribution in [3.63, 3.8) is 0 Å². The standard InChI is InChI=1S/C14H21N3O3S/c1-12-5-7-13(8-6-12)15-14(18)11-16(2)21(19,20)17-9-3-4-10-17/h5-8H,3-4,9-11H2,1-2H3,(H,15,18). The van der Waals surface area contributed by atoms with E-state index in [1.807, 2.05) is 19.1 Å². The molecule has 2 rings (SSSR count). The molecule has 0 atom stereocenters. The molecule has 1 N–H and O–H groups in total. The maximum atomic E-state index is 12.2. The van der Waals surface area contributed by atoms with Crippen molar-refractivity contribution in [2.45, 2.75) is 19.8 Å². The molecule has 116 valence electrons. The topological polar surface area (TPSA) is 69.7 Å². The molecule has 0 spiro atoms. The molecule has 7 heteroatoms. The van der Waals surface area contributed by atoms with Gasteiger partial charge in [0, 0.05) is 25.8 Å². The normalized spacial score (nSPS) is 16.3. The zero-order valence-corrected chi connectivity index (χ0v) is 13.2. The molecule has 1 aliphatic rings. The van der Waals surface area contributed by atoms with E-state index in [2.05, 4.69) is 5.32 Å². The zero-order valence-electron chi connectivity index (χ0n) is 12.4. The number of amides is 1. The smallest absolute Gasteiger partial charge is 0.282 e. The molecule has 0 bridgehead atoms. The third kappa shape index (κ3) is 4.03. The van der Waals surface area contributed by atoms with Crippen LogP contribution < -0.4 is 5.32 Å². The van der Waals surface area contributed by atoms with Crippen LogP contribution in [-0.4, -0.2) is 49.6 Å². The van der Waals surface area contributed by atoms with Crippen molar-refractivity contribution in [1.82, 2.24) is 8.61 Å². The van der Waals surface area contributed by atoms with Gasteiger partial charge >= 0.3 is 0 Å². The predicted octanol–water partition coefficient (Wildman–Crippen LogP) is 1.21. The molecule has 0 unspecified atom stereocenters. The highest BCUT2D eigenvalue weighted by Crippen LogP contribution is 2.15. The lowest BCUT2D eigenvalue weighted by Gasteiger charge is -2.23. The third-order valence-electron chi connectivity index (χ3n) is 3.49. The summed E-state index contributed by atoms with van der Waals surface area (Å²) in [6.45, 7) is 2.84. The lowest BCUT2D eigenvalue weighted by Crippen LogP contribution is -2.43. The van der Waals surface area contributed by atoms with Crippen LogP contribution in [-0.2, 0) is 15.0 Å². The molecule has 1 aliphatic heterocycles. The van der Waals surface area contributed by atoms with E-state index >= 15 is 0 Å². The van der Waals surface area contributed by atoms with E-state index in [9.17, 15) is 13.2 Å². The molecule has 1 amide bonds. The van der Waals surface area contributed by atoms with E-state index in [0.29, 0.717) is 18.8 Å². The molecule has 21 heavy (non-hydrogen) atoms. The minimum atomic E-state index is -3.53. The van der Waals surface area contributed by atoms with Gasteiger partial charge in [0.05, 0.1) is 6.54 Å². The van der Waals surface area contributed by atoms with Crippen LogP contribution in [0.15, 0.2) is 24.3 Å². The maximum Gasteiger partial charge on any atom is 0.282 e. The third-order valence-corrected chi connectivity index (χ3v) is 5.42. The van der Waals surface area contributed by atoms with E-state index in [1.54, 1.807) is 12.1 Å². The largest absolute Gasteiger partial charge is 0.325 e. The Kier molecular flexibility index (Phi) is 4.97. The van der Waals surface area contributed by atoms with Crippen LogP contribution in [0.5, 0.6) is 0 Å². The SMILES string of the molecule is Cc1ccc(NC(=O)CN(C)S(=O)(=O)N2CCCC2)cc1. The van der Waals surface area contributed by atoms with Gasteiger partial charge in [0.2, 0.25) is 5.91 Å². The average molecular weight is 311 g/mol. The quantitative estimate of drug-likeness (QED) is 0.888. The van der Waals surface area contributed by atoms with Crippen molar-refractivity contribution in [2.24, 2.45) is 0 Å².